The summed E-state index contributed by atoms with van der Waals surface area (Å²) in [5.74, 6) is -0.698. The van der Waals surface area contributed by atoms with Gasteiger partial charge in [0.1, 0.15) is 11.6 Å². The number of halogens is 2. The lowest BCUT2D eigenvalue weighted by molar-refractivity contribution is 0.242. The molecular weight excluding hydrogens is 290 g/mol. The van der Waals surface area contributed by atoms with E-state index in [9.17, 15) is 13.6 Å². The second-order valence-electron chi connectivity index (χ2n) is 4.17. The normalized spacial score (nSPS) is 11.0. The molecule has 0 aliphatic heterocycles. The van der Waals surface area contributed by atoms with Crippen molar-refractivity contribution in [2.45, 2.75) is 0 Å². The van der Waals surface area contributed by atoms with Gasteiger partial charge in [-0.1, -0.05) is 24.3 Å². The molecule has 0 aromatic heterocycles. The second kappa shape index (κ2) is 7.63. The van der Waals surface area contributed by atoms with Crippen LogP contribution >= 0.6 is 0 Å². The average molecular weight is 302 g/mol. The molecule has 2 N–H and O–H groups in total. The summed E-state index contributed by atoms with van der Waals surface area (Å²) in [6, 6.07) is 10.6. The van der Waals surface area contributed by atoms with Gasteiger partial charge in [-0.05, 0) is 35.4 Å². The van der Waals surface area contributed by atoms with Crippen LogP contribution in [0.25, 0.3) is 0 Å². The molecule has 0 aliphatic rings. The van der Waals surface area contributed by atoms with E-state index in [2.05, 4.69) is 21.1 Å². The molecule has 2 aromatic carbocycles. The Balaban J connectivity index is 1.78. The van der Waals surface area contributed by atoms with E-state index in [0.29, 0.717) is 11.1 Å². The Bertz CT molecular complexity index is 622. The quantitative estimate of drug-likeness (QED) is 0.662. The zero-order chi connectivity index (χ0) is 15.8. The van der Waals surface area contributed by atoms with Gasteiger partial charge in [0, 0.05) is 0 Å². The highest BCUT2D eigenvalue weighted by Crippen LogP contribution is 2.00. The molecule has 0 saturated heterocycles. The fourth-order valence-corrected chi connectivity index (χ4v) is 1.45. The third-order valence-corrected chi connectivity index (χ3v) is 2.50. The highest BCUT2D eigenvalue weighted by molar-refractivity contribution is 5.83. The summed E-state index contributed by atoms with van der Waals surface area (Å²) in [5.41, 5.74) is 5.66. The average Bonchev–Trinajstić information content (AvgIpc) is 2.51. The zero-order valence-electron chi connectivity index (χ0n) is 11.3. The number of nitrogens with one attached hydrogen (secondary N) is 2. The molecule has 22 heavy (non-hydrogen) atoms. The van der Waals surface area contributed by atoms with Gasteiger partial charge in [0.15, 0.2) is 0 Å². The lowest BCUT2D eigenvalue weighted by Crippen LogP contribution is -2.28. The largest absolute Gasteiger partial charge is 0.355 e. The number of benzene rings is 2. The number of nitrogens with zero attached hydrogens (tertiary/aromatic N) is 2. The monoisotopic (exact) mass is 302 g/mol. The van der Waals surface area contributed by atoms with Gasteiger partial charge in [-0.2, -0.15) is 10.2 Å². The predicted molar refractivity (Wildman–Crippen MR) is 79.7 cm³/mol. The minimum Gasteiger partial charge on any atom is -0.245 e. The van der Waals surface area contributed by atoms with Crippen molar-refractivity contribution < 1.29 is 13.6 Å². The Morgan fingerprint density at radius 2 is 1.14 bits per heavy atom. The van der Waals surface area contributed by atoms with Crippen molar-refractivity contribution in [3.8, 4) is 0 Å². The standard InChI is InChI=1S/C15H12F2N4O/c16-13-5-1-11(2-6-13)9-18-20-15(22)21-19-10-12-3-7-14(17)8-4-12/h1-10H,(H2,20,21,22)/b18-9-,19-10+. The molecule has 0 heterocycles. The van der Waals surface area contributed by atoms with Crippen LogP contribution in [0, 0.1) is 11.6 Å². The Morgan fingerprint density at radius 1 is 0.773 bits per heavy atom. The summed E-state index contributed by atoms with van der Waals surface area (Å²) in [7, 11) is 0. The van der Waals surface area contributed by atoms with Gasteiger partial charge in [-0.25, -0.2) is 24.4 Å². The van der Waals surface area contributed by atoms with Crippen molar-refractivity contribution in [2.75, 3.05) is 0 Å². The number of hydrazone groups is 2. The molecule has 112 valence electrons. The molecule has 0 aliphatic carbocycles. The summed E-state index contributed by atoms with van der Waals surface area (Å²) in [5, 5.41) is 7.35. The fourth-order valence-electron chi connectivity index (χ4n) is 1.45. The number of hydrogen-bond donors (Lipinski definition) is 2. The maximum absolute atomic E-state index is 12.7. The number of hydrogen-bond acceptors (Lipinski definition) is 3. The van der Waals surface area contributed by atoms with Crippen molar-refractivity contribution in [2.24, 2.45) is 10.2 Å². The molecule has 0 fully saturated rings. The maximum Gasteiger partial charge on any atom is 0.355 e. The Kier molecular flexibility index (Phi) is 5.31. The number of carbonyl (C=O) groups is 1. The first-order valence-corrected chi connectivity index (χ1v) is 6.27. The van der Waals surface area contributed by atoms with Crippen molar-refractivity contribution in [1.29, 1.82) is 0 Å². The minimum atomic E-state index is -0.642. The van der Waals surface area contributed by atoms with Crippen LogP contribution in [0.1, 0.15) is 11.1 Å². The number of carbonyl (C=O) groups excluding carboxylic acids is 1. The van der Waals surface area contributed by atoms with E-state index in [1.165, 1.54) is 61.0 Å². The first-order chi connectivity index (χ1) is 10.6. The molecule has 2 amide bonds. The molecule has 2 rings (SSSR count). The summed E-state index contributed by atoms with van der Waals surface area (Å²) in [6.07, 6.45) is 2.73. The molecule has 0 spiro atoms. The predicted octanol–water partition coefficient (Wildman–Crippen LogP) is 2.63. The molecular formula is C15H12F2N4O. The van der Waals surface area contributed by atoms with E-state index in [-0.39, 0.29) is 11.6 Å². The van der Waals surface area contributed by atoms with Crippen molar-refractivity contribution in [1.82, 2.24) is 10.9 Å². The number of rotatable bonds is 4. The van der Waals surface area contributed by atoms with Gasteiger partial charge in [0.25, 0.3) is 0 Å². The summed E-state index contributed by atoms with van der Waals surface area (Å²) in [4.78, 5) is 11.4. The molecule has 2 aromatic rings. The first kappa shape index (κ1) is 15.3. The van der Waals surface area contributed by atoms with Crippen LogP contribution in [0.2, 0.25) is 0 Å². The first-order valence-electron chi connectivity index (χ1n) is 6.27. The lowest BCUT2D eigenvalue weighted by Gasteiger charge is -1.98. The van der Waals surface area contributed by atoms with Crippen LogP contribution in [0.4, 0.5) is 13.6 Å². The SMILES string of the molecule is O=C(N/N=C\c1ccc(F)cc1)N/N=C/c1ccc(F)cc1. The summed E-state index contributed by atoms with van der Waals surface area (Å²) in [6.45, 7) is 0. The molecule has 0 atom stereocenters. The van der Waals surface area contributed by atoms with E-state index in [1.54, 1.807) is 0 Å². The Hall–Kier alpha value is -3.09. The van der Waals surface area contributed by atoms with Crippen LogP contribution in [-0.4, -0.2) is 18.5 Å². The van der Waals surface area contributed by atoms with Crippen LogP contribution in [-0.2, 0) is 0 Å². The van der Waals surface area contributed by atoms with Crippen molar-refractivity contribution >= 4 is 18.5 Å². The Morgan fingerprint density at radius 3 is 1.50 bits per heavy atom. The number of amides is 2. The van der Waals surface area contributed by atoms with Gasteiger partial charge < -0.3 is 0 Å². The lowest BCUT2D eigenvalue weighted by atomic mass is 10.2. The third-order valence-electron chi connectivity index (χ3n) is 2.50. The summed E-state index contributed by atoms with van der Waals surface area (Å²) < 4.78 is 25.4. The number of urea groups is 1. The smallest absolute Gasteiger partial charge is 0.245 e. The van der Waals surface area contributed by atoms with Crippen LogP contribution in [0.3, 0.4) is 0 Å². The van der Waals surface area contributed by atoms with E-state index >= 15 is 0 Å². The van der Waals surface area contributed by atoms with Crippen LogP contribution < -0.4 is 10.9 Å². The third kappa shape index (κ3) is 5.12. The van der Waals surface area contributed by atoms with Gasteiger partial charge in [0.2, 0.25) is 0 Å². The minimum absolute atomic E-state index is 0.349. The molecule has 0 bridgehead atoms. The molecule has 0 radical (unpaired) electrons. The maximum atomic E-state index is 12.7. The topological polar surface area (TPSA) is 65.8 Å². The Labute approximate surface area is 125 Å². The van der Waals surface area contributed by atoms with E-state index in [0.717, 1.165) is 0 Å². The second-order valence-corrected chi connectivity index (χ2v) is 4.17. The highest BCUT2D eigenvalue weighted by atomic mass is 19.1. The van der Waals surface area contributed by atoms with E-state index in [1.807, 2.05) is 0 Å². The molecule has 7 heteroatoms. The zero-order valence-corrected chi connectivity index (χ0v) is 11.3. The fraction of sp³-hybridized carbons (Fsp3) is 0. The van der Waals surface area contributed by atoms with Gasteiger partial charge in [-0.15, -0.1) is 0 Å². The summed E-state index contributed by atoms with van der Waals surface area (Å²) >= 11 is 0. The van der Waals surface area contributed by atoms with Crippen LogP contribution in [0.5, 0.6) is 0 Å². The van der Waals surface area contributed by atoms with E-state index < -0.39 is 6.03 Å². The van der Waals surface area contributed by atoms with E-state index in [4.69, 9.17) is 0 Å². The molecule has 0 saturated carbocycles. The van der Waals surface area contributed by atoms with Gasteiger partial charge in [-0.3, -0.25) is 0 Å². The van der Waals surface area contributed by atoms with Gasteiger partial charge >= 0.3 is 6.03 Å². The molecule has 0 unspecified atom stereocenters. The highest BCUT2D eigenvalue weighted by Gasteiger charge is 1.95. The molecule has 5 nitrogen and oxygen atoms in total. The van der Waals surface area contributed by atoms with Gasteiger partial charge in [0.05, 0.1) is 12.4 Å². The van der Waals surface area contributed by atoms with Crippen molar-refractivity contribution in [3.63, 3.8) is 0 Å². The van der Waals surface area contributed by atoms with Crippen LogP contribution in [0.15, 0.2) is 58.7 Å². The van der Waals surface area contributed by atoms with Crippen molar-refractivity contribution in [3.05, 3.63) is 71.3 Å².